The molecule has 2 heterocycles. The van der Waals surface area contributed by atoms with Crippen molar-refractivity contribution in [2.24, 2.45) is 0 Å². The Kier molecular flexibility index (Phi) is 4.30. The molecule has 92 valence electrons. The highest BCUT2D eigenvalue weighted by atomic mass is 79.9. The smallest absolute Gasteiger partial charge is 0.230 e. The second-order valence-electron chi connectivity index (χ2n) is 4.01. The normalized spacial score (nSPS) is 16.9. The van der Waals surface area contributed by atoms with E-state index in [0.717, 1.165) is 31.9 Å². The fourth-order valence-electron chi connectivity index (χ4n) is 1.94. The molecule has 17 heavy (non-hydrogen) atoms. The quantitative estimate of drug-likeness (QED) is 0.845. The Morgan fingerprint density at radius 1 is 1.41 bits per heavy atom. The number of nitrogens with zero attached hydrogens (tertiary/aromatic N) is 3. The molecule has 1 aliphatic heterocycles. The van der Waals surface area contributed by atoms with Gasteiger partial charge in [0.25, 0.3) is 0 Å². The molecule has 1 saturated heterocycles. The summed E-state index contributed by atoms with van der Waals surface area (Å²) in [5.41, 5.74) is 0. The minimum Gasteiger partial charge on any atom is -0.353 e. The molecule has 0 saturated carbocycles. The van der Waals surface area contributed by atoms with E-state index < -0.39 is 0 Å². The summed E-state index contributed by atoms with van der Waals surface area (Å²) in [6.45, 7) is 1.77. The van der Waals surface area contributed by atoms with Crippen molar-refractivity contribution in [1.82, 2.24) is 15.3 Å². The van der Waals surface area contributed by atoms with E-state index in [4.69, 9.17) is 0 Å². The molecule has 0 aromatic carbocycles. The van der Waals surface area contributed by atoms with Crippen molar-refractivity contribution in [3.8, 4) is 0 Å². The Balaban J connectivity index is 1.84. The van der Waals surface area contributed by atoms with E-state index in [9.17, 15) is 4.79 Å². The van der Waals surface area contributed by atoms with E-state index >= 15 is 0 Å². The average Bonchev–Trinajstić information content (AvgIpc) is 2.40. The molecule has 1 N–H and O–H groups in total. The first-order valence-corrected chi connectivity index (χ1v) is 6.79. The maximum Gasteiger partial charge on any atom is 0.230 e. The molecule has 0 aliphatic carbocycles. The number of piperidine rings is 1. The Morgan fingerprint density at radius 3 is 2.65 bits per heavy atom. The molecular formula is C11H15BrN4O. The highest BCUT2D eigenvalue weighted by molar-refractivity contribution is 9.09. The fraction of sp³-hybridized carbons (Fsp3) is 0.545. The Morgan fingerprint density at radius 2 is 2.06 bits per heavy atom. The van der Waals surface area contributed by atoms with Gasteiger partial charge < -0.3 is 10.2 Å². The summed E-state index contributed by atoms with van der Waals surface area (Å²) in [6.07, 6.45) is 5.38. The molecule has 2 rings (SSSR count). The topological polar surface area (TPSA) is 58.1 Å². The molecule has 0 unspecified atom stereocenters. The number of rotatable bonds is 3. The van der Waals surface area contributed by atoms with Crippen LogP contribution in [0, 0.1) is 0 Å². The lowest BCUT2D eigenvalue weighted by molar-refractivity contribution is -0.119. The number of hydrogen-bond donors (Lipinski definition) is 1. The predicted octanol–water partition coefficient (Wildman–Crippen LogP) is 0.957. The highest BCUT2D eigenvalue weighted by Crippen LogP contribution is 2.15. The highest BCUT2D eigenvalue weighted by Gasteiger charge is 2.21. The summed E-state index contributed by atoms with van der Waals surface area (Å²) in [5.74, 6) is 0.831. The third-order valence-corrected chi connectivity index (χ3v) is 3.33. The van der Waals surface area contributed by atoms with Gasteiger partial charge in [0.1, 0.15) is 0 Å². The van der Waals surface area contributed by atoms with Gasteiger partial charge in [-0.05, 0) is 18.9 Å². The first kappa shape index (κ1) is 12.3. The number of nitrogens with one attached hydrogen (secondary N) is 1. The summed E-state index contributed by atoms with van der Waals surface area (Å²) in [7, 11) is 0. The van der Waals surface area contributed by atoms with Crippen LogP contribution in [0.2, 0.25) is 0 Å². The zero-order valence-corrected chi connectivity index (χ0v) is 11.1. The third-order valence-electron chi connectivity index (χ3n) is 2.82. The molecule has 1 aromatic heterocycles. The third kappa shape index (κ3) is 3.39. The lowest BCUT2D eigenvalue weighted by Crippen LogP contribution is -2.45. The summed E-state index contributed by atoms with van der Waals surface area (Å²) in [5, 5.41) is 3.36. The molecule has 0 atom stereocenters. The van der Waals surface area contributed by atoms with Crippen molar-refractivity contribution < 1.29 is 4.79 Å². The summed E-state index contributed by atoms with van der Waals surface area (Å²) >= 11 is 3.15. The number of anilines is 1. The molecule has 1 aromatic rings. The van der Waals surface area contributed by atoms with Gasteiger partial charge in [-0.1, -0.05) is 15.9 Å². The maximum absolute atomic E-state index is 11.2. The van der Waals surface area contributed by atoms with Gasteiger partial charge in [0.05, 0.1) is 5.33 Å². The SMILES string of the molecule is O=C(CBr)NC1CCN(c2ncccn2)CC1. The van der Waals surface area contributed by atoms with Crippen molar-refractivity contribution in [3.63, 3.8) is 0 Å². The Bertz CT molecular complexity index is 365. The molecule has 1 amide bonds. The first-order chi connectivity index (χ1) is 8.29. The van der Waals surface area contributed by atoms with Gasteiger partial charge in [0.2, 0.25) is 11.9 Å². The van der Waals surface area contributed by atoms with Crippen LogP contribution in [0.5, 0.6) is 0 Å². The van der Waals surface area contributed by atoms with Crippen molar-refractivity contribution in [3.05, 3.63) is 18.5 Å². The van der Waals surface area contributed by atoms with Gasteiger partial charge in [-0.3, -0.25) is 4.79 Å². The Labute approximate surface area is 109 Å². The standard InChI is InChI=1S/C11H15BrN4O/c12-8-10(17)15-9-2-6-16(7-3-9)11-13-4-1-5-14-11/h1,4-5,9H,2-3,6-8H2,(H,15,17). The van der Waals surface area contributed by atoms with E-state index in [1.54, 1.807) is 12.4 Å². The second kappa shape index (κ2) is 5.95. The molecule has 6 heteroatoms. The van der Waals surface area contributed by atoms with Crippen LogP contribution in [0.3, 0.4) is 0 Å². The van der Waals surface area contributed by atoms with Crippen LogP contribution >= 0.6 is 15.9 Å². The molecular weight excluding hydrogens is 284 g/mol. The molecule has 0 bridgehead atoms. The first-order valence-electron chi connectivity index (χ1n) is 5.67. The van der Waals surface area contributed by atoms with Crippen LogP contribution in [0.1, 0.15) is 12.8 Å². The van der Waals surface area contributed by atoms with E-state index in [1.165, 1.54) is 0 Å². The molecule has 1 aliphatic rings. The minimum absolute atomic E-state index is 0.0550. The van der Waals surface area contributed by atoms with E-state index in [0.29, 0.717) is 5.33 Å². The van der Waals surface area contributed by atoms with Crippen LogP contribution in [0.15, 0.2) is 18.5 Å². The number of halogens is 1. The number of hydrogen-bond acceptors (Lipinski definition) is 4. The molecule has 1 fully saturated rings. The predicted molar refractivity (Wildman–Crippen MR) is 69.2 cm³/mol. The fourth-order valence-corrected chi connectivity index (χ4v) is 2.11. The maximum atomic E-state index is 11.2. The number of amides is 1. The number of carbonyl (C=O) groups is 1. The largest absolute Gasteiger partial charge is 0.353 e. The second-order valence-corrected chi connectivity index (χ2v) is 4.57. The van der Waals surface area contributed by atoms with Gasteiger partial charge in [0, 0.05) is 31.5 Å². The van der Waals surface area contributed by atoms with Crippen molar-refractivity contribution in [2.75, 3.05) is 23.3 Å². The monoisotopic (exact) mass is 298 g/mol. The van der Waals surface area contributed by atoms with E-state index in [2.05, 4.69) is 36.1 Å². The number of carbonyl (C=O) groups excluding carboxylic acids is 1. The van der Waals surface area contributed by atoms with Crippen molar-refractivity contribution in [1.29, 1.82) is 0 Å². The van der Waals surface area contributed by atoms with Gasteiger partial charge in [-0.15, -0.1) is 0 Å². The zero-order valence-electron chi connectivity index (χ0n) is 9.47. The summed E-state index contributed by atoms with van der Waals surface area (Å²) < 4.78 is 0. The van der Waals surface area contributed by atoms with Gasteiger partial charge >= 0.3 is 0 Å². The van der Waals surface area contributed by atoms with Crippen molar-refractivity contribution >= 4 is 27.8 Å². The molecule has 0 spiro atoms. The summed E-state index contributed by atoms with van der Waals surface area (Å²) in [4.78, 5) is 21.8. The molecule has 5 nitrogen and oxygen atoms in total. The van der Waals surface area contributed by atoms with Gasteiger partial charge in [-0.25, -0.2) is 9.97 Å². The Hall–Kier alpha value is -1.17. The number of alkyl halides is 1. The zero-order chi connectivity index (χ0) is 12.1. The van der Waals surface area contributed by atoms with Crippen LogP contribution in [-0.4, -0.2) is 40.3 Å². The summed E-state index contributed by atoms with van der Waals surface area (Å²) in [6, 6.07) is 2.09. The van der Waals surface area contributed by atoms with Gasteiger partial charge in [-0.2, -0.15) is 0 Å². The van der Waals surface area contributed by atoms with E-state index in [1.807, 2.05) is 6.07 Å². The van der Waals surface area contributed by atoms with E-state index in [-0.39, 0.29) is 11.9 Å². The van der Waals surface area contributed by atoms with Crippen LogP contribution < -0.4 is 10.2 Å². The molecule has 0 radical (unpaired) electrons. The van der Waals surface area contributed by atoms with Crippen molar-refractivity contribution in [2.45, 2.75) is 18.9 Å². The lowest BCUT2D eigenvalue weighted by Gasteiger charge is -2.32. The average molecular weight is 299 g/mol. The van der Waals surface area contributed by atoms with Gasteiger partial charge in [0.15, 0.2) is 0 Å². The minimum atomic E-state index is 0.0550. The van der Waals surface area contributed by atoms with Crippen LogP contribution in [0.25, 0.3) is 0 Å². The van der Waals surface area contributed by atoms with Crippen LogP contribution in [-0.2, 0) is 4.79 Å². The number of aromatic nitrogens is 2. The lowest BCUT2D eigenvalue weighted by atomic mass is 10.1. The van der Waals surface area contributed by atoms with Crippen LogP contribution in [0.4, 0.5) is 5.95 Å².